The van der Waals surface area contributed by atoms with E-state index in [9.17, 15) is 0 Å². The van der Waals surface area contributed by atoms with Gasteiger partial charge in [-0.25, -0.2) is 0 Å². The molecule has 21 heavy (non-hydrogen) atoms. The Hall–Kier alpha value is -0.810. The quantitative estimate of drug-likeness (QED) is 0.905. The fourth-order valence-electron chi connectivity index (χ4n) is 2.95. The van der Waals surface area contributed by atoms with E-state index in [0.717, 1.165) is 31.2 Å². The standard InChI is InChI=1S/C16H26ClN3O/c1-13(21-3)16(2,12-18)20-9-7-19(8-10-20)15-6-4-5-14(17)11-15/h4-6,11,13H,7-10,12,18H2,1-3H3. The van der Waals surface area contributed by atoms with Crippen LogP contribution in [0.2, 0.25) is 5.02 Å². The molecule has 2 N–H and O–H groups in total. The molecule has 0 aromatic heterocycles. The first-order chi connectivity index (χ1) is 10.0. The van der Waals surface area contributed by atoms with Crippen molar-refractivity contribution < 1.29 is 4.74 Å². The summed E-state index contributed by atoms with van der Waals surface area (Å²) in [6.07, 6.45) is 0.111. The average Bonchev–Trinajstić information content (AvgIpc) is 2.53. The molecule has 1 aromatic carbocycles. The van der Waals surface area contributed by atoms with Gasteiger partial charge in [0.2, 0.25) is 0 Å². The van der Waals surface area contributed by atoms with Crippen LogP contribution in [0.3, 0.4) is 0 Å². The predicted molar refractivity (Wildman–Crippen MR) is 89.2 cm³/mol. The molecule has 0 spiro atoms. The van der Waals surface area contributed by atoms with Crippen molar-refractivity contribution in [2.24, 2.45) is 5.73 Å². The van der Waals surface area contributed by atoms with Crippen molar-refractivity contribution in [3.8, 4) is 0 Å². The van der Waals surface area contributed by atoms with Crippen molar-refractivity contribution in [3.05, 3.63) is 29.3 Å². The summed E-state index contributed by atoms with van der Waals surface area (Å²) in [7, 11) is 1.75. The highest BCUT2D eigenvalue weighted by molar-refractivity contribution is 6.30. The first kappa shape index (κ1) is 16.6. The molecule has 5 heteroatoms. The average molecular weight is 312 g/mol. The summed E-state index contributed by atoms with van der Waals surface area (Å²) in [4.78, 5) is 4.82. The van der Waals surface area contributed by atoms with Crippen LogP contribution in [0.5, 0.6) is 0 Å². The van der Waals surface area contributed by atoms with Crippen LogP contribution in [-0.2, 0) is 4.74 Å². The van der Waals surface area contributed by atoms with Crippen molar-refractivity contribution in [1.82, 2.24) is 4.90 Å². The third-order valence-corrected chi connectivity index (χ3v) is 5.05. The summed E-state index contributed by atoms with van der Waals surface area (Å²) in [6.45, 7) is 8.80. The Morgan fingerprint density at radius 3 is 2.52 bits per heavy atom. The van der Waals surface area contributed by atoms with Crippen LogP contribution >= 0.6 is 11.6 Å². The molecule has 1 aliphatic heterocycles. The van der Waals surface area contributed by atoms with E-state index in [4.69, 9.17) is 22.1 Å². The largest absolute Gasteiger partial charge is 0.380 e. The van der Waals surface area contributed by atoms with Crippen LogP contribution in [0.1, 0.15) is 13.8 Å². The number of hydrogen-bond donors (Lipinski definition) is 1. The van der Waals surface area contributed by atoms with E-state index >= 15 is 0 Å². The maximum Gasteiger partial charge on any atom is 0.0736 e. The molecular weight excluding hydrogens is 286 g/mol. The first-order valence-electron chi connectivity index (χ1n) is 7.49. The van der Waals surface area contributed by atoms with Crippen LogP contribution in [0.15, 0.2) is 24.3 Å². The maximum absolute atomic E-state index is 6.08. The molecule has 0 bridgehead atoms. The number of hydrogen-bond acceptors (Lipinski definition) is 4. The molecule has 4 nitrogen and oxygen atoms in total. The summed E-state index contributed by atoms with van der Waals surface area (Å²) >= 11 is 6.08. The lowest BCUT2D eigenvalue weighted by molar-refractivity contribution is -0.0333. The van der Waals surface area contributed by atoms with Gasteiger partial charge in [-0.15, -0.1) is 0 Å². The van der Waals surface area contributed by atoms with E-state index in [2.05, 4.69) is 29.7 Å². The summed E-state index contributed by atoms with van der Waals surface area (Å²) in [6, 6.07) is 8.05. The van der Waals surface area contributed by atoms with Gasteiger partial charge in [-0.05, 0) is 32.0 Å². The van der Waals surface area contributed by atoms with Gasteiger partial charge in [0.1, 0.15) is 0 Å². The highest BCUT2D eigenvalue weighted by atomic mass is 35.5. The van der Waals surface area contributed by atoms with Gasteiger partial charge >= 0.3 is 0 Å². The Morgan fingerprint density at radius 1 is 1.33 bits per heavy atom. The number of methoxy groups -OCH3 is 1. The molecule has 2 atom stereocenters. The smallest absolute Gasteiger partial charge is 0.0736 e. The lowest BCUT2D eigenvalue weighted by atomic mass is 9.92. The second-order valence-electron chi connectivity index (χ2n) is 5.89. The summed E-state index contributed by atoms with van der Waals surface area (Å²) in [5, 5.41) is 0.787. The number of ether oxygens (including phenoxy) is 1. The van der Waals surface area contributed by atoms with Crippen LogP contribution in [0.4, 0.5) is 5.69 Å². The van der Waals surface area contributed by atoms with Gasteiger partial charge < -0.3 is 15.4 Å². The van der Waals surface area contributed by atoms with Gasteiger partial charge in [0.05, 0.1) is 11.6 Å². The minimum absolute atomic E-state index is 0.111. The molecule has 0 saturated carbocycles. The van der Waals surface area contributed by atoms with E-state index in [1.54, 1.807) is 7.11 Å². The Labute approximate surface area is 132 Å². The third-order valence-electron chi connectivity index (χ3n) is 4.82. The highest BCUT2D eigenvalue weighted by Gasteiger charge is 2.38. The predicted octanol–water partition coefficient (Wildman–Crippen LogP) is 2.21. The van der Waals surface area contributed by atoms with E-state index in [0.29, 0.717) is 6.54 Å². The lowest BCUT2D eigenvalue weighted by Gasteiger charge is -2.48. The molecule has 2 rings (SSSR count). The van der Waals surface area contributed by atoms with Gasteiger partial charge in [0.25, 0.3) is 0 Å². The second-order valence-corrected chi connectivity index (χ2v) is 6.33. The van der Waals surface area contributed by atoms with Gasteiger partial charge in [0.15, 0.2) is 0 Å². The Kier molecular flexibility index (Phi) is 5.49. The van der Waals surface area contributed by atoms with Crippen molar-refractivity contribution in [2.45, 2.75) is 25.5 Å². The molecular formula is C16H26ClN3O. The second kappa shape index (κ2) is 6.97. The Morgan fingerprint density at radius 2 is 2.00 bits per heavy atom. The topological polar surface area (TPSA) is 41.7 Å². The maximum atomic E-state index is 6.08. The number of piperazine rings is 1. The number of nitrogens with two attached hydrogens (primary N) is 1. The molecule has 1 saturated heterocycles. The zero-order valence-corrected chi connectivity index (χ0v) is 13.9. The molecule has 118 valence electrons. The van der Waals surface area contributed by atoms with E-state index in [-0.39, 0.29) is 11.6 Å². The molecule has 1 heterocycles. The fraction of sp³-hybridized carbons (Fsp3) is 0.625. The van der Waals surface area contributed by atoms with Gasteiger partial charge in [-0.3, -0.25) is 4.90 Å². The number of rotatable bonds is 5. The van der Waals surface area contributed by atoms with Crippen molar-refractivity contribution in [2.75, 3.05) is 44.7 Å². The summed E-state index contributed by atoms with van der Waals surface area (Å²) in [5.74, 6) is 0. The third kappa shape index (κ3) is 3.51. The lowest BCUT2D eigenvalue weighted by Crippen LogP contribution is -2.63. The molecule has 2 unspecified atom stereocenters. The highest BCUT2D eigenvalue weighted by Crippen LogP contribution is 2.25. The zero-order chi connectivity index (χ0) is 15.5. The van der Waals surface area contributed by atoms with E-state index in [1.807, 2.05) is 18.2 Å². The van der Waals surface area contributed by atoms with Crippen LogP contribution in [-0.4, -0.2) is 56.4 Å². The molecule has 1 aromatic rings. The van der Waals surface area contributed by atoms with Crippen LogP contribution in [0.25, 0.3) is 0 Å². The Bertz CT molecular complexity index is 463. The van der Waals surface area contributed by atoms with Crippen molar-refractivity contribution in [3.63, 3.8) is 0 Å². The number of nitrogens with zero attached hydrogens (tertiary/aromatic N) is 2. The monoisotopic (exact) mass is 311 g/mol. The molecule has 0 amide bonds. The SMILES string of the molecule is COC(C)C(C)(CN)N1CCN(c2cccc(Cl)c2)CC1. The molecule has 0 aliphatic carbocycles. The van der Waals surface area contributed by atoms with Crippen LogP contribution < -0.4 is 10.6 Å². The number of benzene rings is 1. The number of halogens is 1. The Balaban J connectivity index is 2.02. The van der Waals surface area contributed by atoms with E-state index in [1.165, 1.54) is 5.69 Å². The first-order valence-corrected chi connectivity index (χ1v) is 7.87. The molecule has 1 aliphatic rings. The van der Waals surface area contributed by atoms with Gasteiger partial charge in [-0.2, -0.15) is 0 Å². The number of anilines is 1. The van der Waals surface area contributed by atoms with Crippen LogP contribution in [0, 0.1) is 0 Å². The summed E-state index contributed by atoms with van der Waals surface area (Å²) in [5.41, 5.74) is 7.10. The minimum Gasteiger partial charge on any atom is -0.380 e. The fourth-order valence-corrected chi connectivity index (χ4v) is 3.14. The summed E-state index contributed by atoms with van der Waals surface area (Å²) < 4.78 is 5.53. The zero-order valence-electron chi connectivity index (χ0n) is 13.2. The van der Waals surface area contributed by atoms with E-state index < -0.39 is 0 Å². The van der Waals surface area contributed by atoms with Crippen molar-refractivity contribution >= 4 is 17.3 Å². The molecule has 0 radical (unpaired) electrons. The minimum atomic E-state index is -0.116. The normalized spacial score (nSPS) is 21.1. The van der Waals surface area contributed by atoms with Gasteiger partial charge in [-0.1, -0.05) is 17.7 Å². The van der Waals surface area contributed by atoms with Gasteiger partial charge in [0, 0.05) is 50.5 Å². The molecule has 1 fully saturated rings. The van der Waals surface area contributed by atoms with Crippen molar-refractivity contribution in [1.29, 1.82) is 0 Å².